The average molecular weight is 205 g/mol. The second-order valence-corrected chi connectivity index (χ2v) is 5.25. The van der Waals surface area contributed by atoms with Crippen LogP contribution in [-0.2, 0) is 4.79 Å². The molecule has 0 aromatic heterocycles. The molecule has 0 saturated carbocycles. The first-order valence-corrected chi connectivity index (χ1v) is 5.48. The number of hydrogen-bond donors (Lipinski definition) is 0. The summed E-state index contributed by atoms with van der Waals surface area (Å²) in [5.41, 5.74) is 0.447. The Balaban J connectivity index is 3.13. The monoisotopic (exact) mass is 204 g/mol. The molecule has 0 rings (SSSR count). The highest BCUT2D eigenvalue weighted by molar-refractivity contribution is 6.63. The maximum Gasteiger partial charge on any atom is 0.221 e. The number of halogens is 1. The van der Waals surface area contributed by atoms with Crippen molar-refractivity contribution in [1.82, 2.24) is 0 Å². The average Bonchev–Trinajstić information content (AvgIpc) is 1.93. The van der Waals surface area contributed by atoms with E-state index in [1.54, 1.807) is 0 Å². The van der Waals surface area contributed by atoms with Crippen molar-refractivity contribution in [2.24, 2.45) is 5.41 Å². The van der Waals surface area contributed by atoms with Gasteiger partial charge >= 0.3 is 0 Å². The van der Waals surface area contributed by atoms with Gasteiger partial charge in [-0.25, -0.2) is 0 Å². The lowest BCUT2D eigenvalue weighted by molar-refractivity contribution is -0.111. The molecule has 0 aromatic carbocycles. The van der Waals surface area contributed by atoms with Crippen LogP contribution in [0.5, 0.6) is 0 Å². The van der Waals surface area contributed by atoms with Gasteiger partial charge in [0.1, 0.15) is 0 Å². The maximum absolute atomic E-state index is 10.4. The summed E-state index contributed by atoms with van der Waals surface area (Å²) in [6.45, 7) is 6.78. The van der Waals surface area contributed by atoms with Gasteiger partial charge in [-0.1, -0.05) is 40.0 Å². The van der Waals surface area contributed by atoms with Gasteiger partial charge in [0.25, 0.3) is 0 Å². The molecule has 0 heterocycles. The zero-order valence-corrected chi connectivity index (χ0v) is 9.78. The van der Waals surface area contributed by atoms with Crippen molar-refractivity contribution in [3.05, 3.63) is 0 Å². The van der Waals surface area contributed by atoms with Gasteiger partial charge in [0.2, 0.25) is 5.24 Å². The van der Waals surface area contributed by atoms with Crippen LogP contribution in [0.4, 0.5) is 0 Å². The third-order valence-electron chi connectivity index (χ3n) is 2.05. The van der Waals surface area contributed by atoms with Crippen LogP contribution >= 0.6 is 11.6 Å². The van der Waals surface area contributed by atoms with Crippen LogP contribution in [0, 0.1) is 5.41 Å². The van der Waals surface area contributed by atoms with Crippen LogP contribution in [0.15, 0.2) is 0 Å². The molecule has 0 aliphatic heterocycles. The summed E-state index contributed by atoms with van der Waals surface area (Å²) in [5, 5.41) is -0.198. The van der Waals surface area contributed by atoms with E-state index in [0.29, 0.717) is 11.8 Å². The Bertz CT molecular complexity index is 147. The topological polar surface area (TPSA) is 17.1 Å². The Morgan fingerprint density at radius 2 is 1.62 bits per heavy atom. The molecule has 0 saturated heterocycles. The molecule has 0 unspecified atom stereocenters. The van der Waals surface area contributed by atoms with Crippen LogP contribution in [0.3, 0.4) is 0 Å². The molecular weight excluding hydrogens is 184 g/mol. The summed E-state index contributed by atoms with van der Waals surface area (Å²) in [6.07, 6.45) is 6.38. The Kier molecular flexibility index (Phi) is 6.40. The largest absolute Gasteiger partial charge is 0.281 e. The second-order valence-electron chi connectivity index (χ2n) is 4.83. The Morgan fingerprint density at radius 3 is 2.08 bits per heavy atom. The third kappa shape index (κ3) is 12.0. The zero-order chi connectivity index (χ0) is 10.3. The lowest BCUT2D eigenvalue weighted by Crippen LogP contribution is -2.03. The standard InChI is InChI=1S/C11H21ClO/c1-11(2,3)9-7-5-4-6-8-10(12)13/h4-9H2,1-3H3. The van der Waals surface area contributed by atoms with Crippen molar-refractivity contribution in [2.45, 2.75) is 59.3 Å². The molecule has 0 aromatic rings. The van der Waals surface area contributed by atoms with Crippen LogP contribution in [-0.4, -0.2) is 5.24 Å². The van der Waals surface area contributed by atoms with Gasteiger partial charge in [0, 0.05) is 6.42 Å². The number of hydrogen-bond acceptors (Lipinski definition) is 1. The Labute approximate surface area is 86.9 Å². The fraction of sp³-hybridized carbons (Fsp3) is 0.909. The molecule has 1 nitrogen and oxygen atoms in total. The molecule has 0 aliphatic rings. The lowest BCUT2D eigenvalue weighted by atomic mass is 9.89. The number of carbonyl (C=O) groups is 1. The molecule has 0 amide bonds. The van der Waals surface area contributed by atoms with E-state index in [4.69, 9.17) is 11.6 Å². The van der Waals surface area contributed by atoms with Crippen LogP contribution in [0.2, 0.25) is 0 Å². The van der Waals surface area contributed by atoms with Crippen molar-refractivity contribution >= 4 is 16.8 Å². The van der Waals surface area contributed by atoms with E-state index in [1.807, 2.05) is 0 Å². The first-order valence-electron chi connectivity index (χ1n) is 5.10. The van der Waals surface area contributed by atoms with Gasteiger partial charge in [0.05, 0.1) is 0 Å². The highest BCUT2D eigenvalue weighted by Gasteiger charge is 2.08. The Hall–Kier alpha value is -0.0400. The molecule has 2 heteroatoms. The molecule has 0 fully saturated rings. The molecule has 0 spiro atoms. The van der Waals surface area contributed by atoms with E-state index in [2.05, 4.69) is 20.8 Å². The first-order chi connectivity index (χ1) is 5.92. The molecule has 0 radical (unpaired) electrons. The van der Waals surface area contributed by atoms with Crippen molar-refractivity contribution in [3.63, 3.8) is 0 Å². The number of rotatable bonds is 6. The third-order valence-corrected chi connectivity index (χ3v) is 2.24. The van der Waals surface area contributed by atoms with Crippen LogP contribution in [0.25, 0.3) is 0 Å². The predicted molar refractivity (Wildman–Crippen MR) is 58.0 cm³/mol. The molecule has 0 bridgehead atoms. The second kappa shape index (κ2) is 6.42. The minimum Gasteiger partial charge on any atom is -0.281 e. The zero-order valence-electron chi connectivity index (χ0n) is 9.03. The highest BCUT2D eigenvalue weighted by atomic mass is 35.5. The minimum absolute atomic E-state index is 0.198. The molecule has 0 N–H and O–H groups in total. The molecule has 78 valence electrons. The van der Waals surface area contributed by atoms with Crippen molar-refractivity contribution in [3.8, 4) is 0 Å². The smallest absolute Gasteiger partial charge is 0.221 e. The Morgan fingerprint density at radius 1 is 1.08 bits per heavy atom. The van der Waals surface area contributed by atoms with Gasteiger partial charge in [0.15, 0.2) is 0 Å². The van der Waals surface area contributed by atoms with Gasteiger partial charge in [-0.3, -0.25) is 4.79 Å². The fourth-order valence-electron chi connectivity index (χ4n) is 1.27. The normalized spacial score (nSPS) is 11.7. The van der Waals surface area contributed by atoms with E-state index < -0.39 is 0 Å². The quantitative estimate of drug-likeness (QED) is 0.470. The molecular formula is C11H21ClO. The lowest BCUT2D eigenvalue weighted by Gasteiger charge is -2.17. The summed E-state index contributed by atoms with van der Waals surface area (Å²) in [6, 6.07) is 0. The van der Waals surface area contributed by atoms with Gasteiger partial charge in [-0.15, -0.1) is 0 Å². The molecule has 0 aliphatic carbocycles. The number of carbonyl (C=O) groups excluding carboxylic acids is 1. The summed E-state index contributed by atoms with van der Waals surface area (Å²) >= 11 is 5.22. The number of unbranched alkanes of at least 4 members (excludes halogenated alkanes) is 3. The van der Waals surface area contributed by atoms with Gasteiger partial charge in [-0.2, -0.15) is 0 Å². The maximum atomic E-state index is 10.4. The molecule has 13 heavy (non-hydrogen) atoms. The molecule has 0 atom stereocenters. The summed E-state index contributed by atoms with van der Waals surface area (Å²) in [4.78, 5) is 10.4. The van der Waals surface area contributed by atoms with E-state index in [0.717, 1.165) is 12.8 Å². The fourth-order valence-corrected chi connectivity index (χ4v) is 1.41. The van der Waals surface area contributed by atoms with Crippen LogP contribution in [0.1, 0.15) is 59.3 Å². The van der Waals surface area contributed by atoms with Gasteiger partial charge in [-0.05, 0) is 29.9 Å². The SMILES string of the molecule is CC(C)(C)CCCCCCC(=O)Cl. The van der Waals surface area contributed by atoms with E-state index in [-0.39, 0.29) is 5.24 Å². The van der Waals surface area contributed by atoms with Crippen molar-refractivity contribution < 1.29 is 4.79 Å². The minimum atomic E-state index is -0.198. The van der Waals surface area contributed by atoms with E-state index in [1.165, 1.54) is 19.3 Å². The van der Waals surface area contributed by atoms with E-state index >= 15 is 0 Å². The summed E-state index contributed by atoms with van der Waals surface area (Å²) in [5.74, 6) is 0. The van der Waals surface area contributed by atoms with Gasteiger partial charge < -0.3 is 0 Å². The summed E-state index contributed by atoms with van der Waals surface area (Å²) < 4.78 is 0. The summed E-state index contributed by atoms with van der Waals surface area (Å²) in [7, 11) is 0. The van der Waals surface area contributed by atoms with Crippen LogP contribution < -0.4 is 0 Å². The first kappa shape index (κ1) is 13.0. The van der Waals surface area contributed by atoms with E-state index in [9.17, 15) is 4.79 Å². The highest BCUT2D eigenvalue weighted by Crippen LogP contribution is 2.22. The van der Waals surface area contributed by atoms with Crippen molar-refractivity contribution in [1.29, 1.82) is 0 Å². The van der Waals surface area contributed by atoms with Crippen molar-refractivity contribution in [2.75, 3.05) is 0 Å². The predicted octanol–water partition coefficient (Wildman–Crippen LogP) is 4.14.